The summed E-state index contributed by atoms with van der Waals surface area (Å²) >= 11 is 3.48. The molecule has 1 aromatic rings. The third-order valence-corrected chi connectivity index (χ3v) is 3.45. The van der Waals surface area contributed by atoms with Crippen molar-refractivity contribution in [3.05, 3.63) is 28.2 Å². The molecule has 1 aromatic carbocycles. The number of para-hydroxylation sites is 1. The van der Waals surface area contributed by atoms with Crippen LogP contribution in [0.2, 0.25) is 0 Å². The Morgan fingerprint density at radius 1 is 1.35 bits per heavy atom. The molecule has 0 aliphatic heterocycles. The average Bonchev–Trinajstić information content (AvgIpc) is 2.40. The number of nitrogens with one attached hydrogen (secondary N) is 2. The molecule has 1 unspecified atom stereocenters. The van der Waals surface area contributed by atoms with E-state index in [0.717, 1.165) is 22.3 Å². The first-order chi connectivity index (χ1) is 9.45. The van der Waals surface area contributed by atoms with Crippen LogP contribution in [0, 0.1) is 5.92 Å². The fraction of sp³-hybridized carbons (Fsp3) is 0.533. The molecule has 0 aliphatic carbocycles. The van der Waals surface area contributed by atoms with Crippen molar-refractivity contribution in [1.29, 1.82) is 0 Å². The summed E-state index contributed by atoms with van der Waals surface area (Å²) < 4.78 is 6.65. The Bertz CT molecular complexity index is 449. The summed E-state index contributed by atoms with van der Waals surface area (Å²) in [6.07, 6.45) is -0.525. The highest BCUT2D eigenvalue weighted by Crippen LogP contribution is 2.30. The van der Waals surface area contributed by atoms with Crippen LogP contribution < -0.4 is 15.4 Å². The fourth-order valence-electron chi connectivity index (χ4n) is 1.75. The fourth-order valence-corrected chi connectivity index (χ4v) is 2.25. The minimum Gasteiger partial charge on any atom is -0.479 e. The van der Waals surface area contributed by atoms with Gasteiger partial charge in [0.25, 0.3) is 5.91 Å². The maximum Gasteiger partial charge on any atom is 0.260 e. The Morgan fingerprint density at radius 3 is 2.65 bits per heavy atom. The molecule has 112 valence electrons. The lowest BCUT2D eigenvalue weighted by Crippen LogP contribution is -2.34. The molecule has 1 rings (SSSR count). The van der Waals surface area contributed by atoms with E-state index in [4.69, 9.17) is 4.74 Å². The zero-order valence-electron chi connectivity index (χ0n) is 12.5. The number of hydrogen-bond acceptors (Lipinski definition) is 3. The van der Waals surface area contributed by atoms with Gasteiger partial charge in [-0.1, -0.05) is 26.0 Å². The predicted octanol–water partition coefficient (Wildman–Crippen LogP) is 2.71. The molecule has 0 saturated heterocycles. The quantitative estimate of drug-likeness (QED) is 0.800. The Kier molecular flexibility index (Phi) is 7.02. The number of ether oxygens (including phenoxy) is 1. The molecular weight excluding hydrogens is 320 g/mol. The van der Waals surface area contributed by atoms with Crippen LogP contribution >= 0.6 is 15.9 Å². The third kappa shape index (κ3) is 5.13. The van der Waals surface area contributed by atoms with Gasteiger partial charge in [0.15, 0.2) is 6.10 Å². The molecule has 1 atom stereocenters. The highest BCUT2D eigenvalue weighted by Gasteiger charge is 2.16. The van der Waals surface area contributed by atoms with Gasteiger partial charge >= 0.3 is 0 Å². The summed E-state index contributed by atoms with van der Waals surface area (Å²) in [4.78, 5) is 11.6. The van der Waals surface area contributed by atoms with Crippen LogP contribution in [0.1, 0.15) is 26.3 Å². The maximum absolute atomic E-state index is 11.6. The molecular formula is C15H23BrN2O2. The van der Waals surface area contributed by atoms with Gasteiger partial charge < -0.3 is 15.4 Å². The zero-order valence-corrected chi connectivity index (χ0v) is 14.1. The van der Waals surface area contributed by atoms with E-state index in [1.807, 2.05) is 18.2 Å². The van der Waals surface area contributed by atoms with Crippen LogP contribution in [0.5, 0.6) is 5.75 Å². The number of carbonyl (C=O) groups is 1. The van der Waals surface area contributed by atoms with Crippen molar-refractivity contribution in [3.63, 3.8) is 0 Å². The van der Waals surface area contributed by atoms with Gasteiger partial charge in [-0.3, -0.25) is 4.79 Å². The third-order valence-electron chi connectivity index (χ3n) is 2.83. The van der Waals surface area contributed by atoms with E-state index in [9.17, 15) is 4.79 Å². The molecule has 0 saturated carbocycles. The monoisotopic (exact) mass is 342 g/mol. The standard InChI is InChI=1S/C15H23BrN2O2/c1-10(2)8-18-9-12-6-5-7-13(16)14(12)20-11(3)15(19)17-4/h5-7,10-11,18H,8-9H2,1-4H3,(H,17,19). The van der Waals surface area contributed by atoms with E-state index >= 15 is 0 Å². The van der Waals surface area contributed by atoms with Gasteiger partial charge in [0, 0.05) is 19.2 Å². The van der Waals surface area contributed by atoms with Gasteiger partial charge in [0.1, 0.15) is 5.75 Å². The predicted molar refractivity (Wildman–Crippen MR) is 84.8 cm³/mol. The van der Waals surface area contributed by atoms with Crippen LogP contribution in [-0.2, 0) is 11.3 Å². The van der Waals surface area contributed by atoms with E-state index in [2.05, 4.69) is 40.4 Å². The number of benzene rings is 1. The van der Waals surface area contributed by atoms with Crippen LogP contribution in [0.25, 0.3) is 0 Å². The van der Waals surface area contributed by atoms with Crippen molar-refractivity contribution < 1.29 is 9.53 Å². The van der Waals surface area contributed by atoms with E-state index < -0.39 is 6.10 Å². The van der Waals surface area contributed by atoms with E-state index in [1.165, 1.54) is 0 Å². The number of hydrogen-bond donors (Lipinski definition) is 2. The number of amides is 1. The van der Waals surface area contributed by atoms with Gasteiger partial charge in [-0.05, 0) is 41.4 Å². The van der Waals surface area contributed by atoms with Gasteiger partial charge in [-0.15, -0.1) is 0 Å². The smallest absolute Gasteiger partial charge is 0.260 e. The second kappa shape index (κ2) is 8.27. The van der Waals surface area contributed by atoms with Crippen molar-refractivity contribution in [2.24, 2.45) is 5.92 Å². The molecule has 0 spiro atoms. The van der Waals surface area contributed by atoms with Crippen LogP contribution in [0.3, 0.4) is 0 Å². The first-order valence-corrected chi connectivity index (χ1v) is 7.61. The number of halogens is 1. The average molecular weight is 343 g/mol. The molecule has 5 heteroatoms. The second-order valence-corrected chi connectivity index (χ2v) is 5.98. The van der Waals surface area contributed by atoms with Crippen LogP contribution in [0.15, 0.2) is 22.7 Å². The minimum absolute atomic E-state index is 0.137. The Morgan fingerprint density at radius 2 is 2.05 bits per heavy atom. The van der Waals surface area contributed by atoms with Crippen LogP contribution in [-0.4, -0.2) is 25.6 Å². The maximum atomic E-state index is 11.6. The molecule has 4 nitrogen and oxygen atoms in total. The molecule has 2 N–H and O–H groups in total. The van der Waals surface area contributed by atoms with Crippen molar-refractivity contribution in [2.45, 2.75) is 33.4 Å². The topological polar surface area (TPSA) is 50.4 Å². The largest absolute Gasteiger partial charge is 0.479 e. The molecule has 0 heterocycles. The van der Waals surface area contributed by atoms with E-state index in [0.29, 0.717) is 12.5 Å². The van der Waals surface area contributed by atoms with Crippen molar-refractivity contribution >= 4 is 21.8 Å². The summed E-state index contributed by atoms with van der Waals surface area (Å²) in [7, 11) is 1.60. The first-order valence-electron chi connectivity index (χ1n) is 6.82. The lowest BCUT2D eigenvalue weighted by molar-refractivity contribution is -0.126. The second-order valence-electron chi connectivity index (χ2n) is 5.13. The van der Waals surface area contributed by atoms with Crippen molar-refractivity contribution in [2.75, 3.05) is 13.6 Å². The van der Waals surface area contributed by atoms with Crippen LogP contribution in [0.4, 0.5) is 0 Å². The summed E-state index contributed by atoms with van der Waals surface area (Å²) in [5, 5.41) is 5.97. The summed E-state index contributed by atoms with van der Waals surface area (Å²) in [6.45, 7) is 7.73. The Hall–Kier alpha value is -1.07. The lowest BCUT2D eigenvalue weighted by Gasteiger charge is -2.18. The molecule has 0 aliphatic rings. The molecule has 1 amide bonds. The number of carbonyl (C=O) groups excluding carboxylic acids is 1. The highest BCUT2D eigenvalue weighted by atomic mass is 79.9. The van der Waals surface area contributed by atoms with E-state index in [-0.39, 0.29) is 5.91 Å². The van der Waals surface area contributed by atoms with Crippen molar-refractivity contribution in [3.8, 4) is 5.75 Å². The molecule has 0 fully saturated rings. The van der Waals surface area contributed by atoms with Gasteiger partial charge in [0.05, 0.1) is 4.47 Å². The zero-order chi connectivity index (χ0) is 15.1. The Balaban J connectivity index is 2.80. The summed E-state index contributed by atoms with van der Waals surface area (Å²) in [5.41, 5.74) is 1.04. The first kappa shape index (κ1) is 17.0. The molecule has 0 radical (unpaired) electrons. The highest BCUT2D eigenvalue weighted by molar-refractivity contribution is 9.10. The van der Waals surface area contributed by atoms with Crippen molar-refractivity contribution in [1.82, 2.24) is 10.6 Å². The molecule has 0 aromatic heterocycles. The van der Waals surface area contributed by atoms with Gasteiger partial charge in [-0.2, -0.15) is 0 Å². The number of rotatable bonds is 7. The minimum atomic E-state index is -0.525. The SMILES string of the molecule is CNC(=O)C(C)Oc1c(Br)cccc1CNCC(C)C. The lowest BCUT2D eigenvalue weighted by atomic mass is 10.1. The number of likely N-dealkylation sites (N-methyl/N-ethyl adjacent to an activating group) is 1. The van der Waals surface area contributed by atoms with E-state index in [1.54, 1.807) is 14.0 Å². The van der Waals surface area contributed by atoms with Gasteiger partial charge in [0.2, 0.25) is 0 Å². The Labute approximate surface area is 129 Å². The van der Waals surface area contributed by atoms with Gasteiger partial charge in [-0.25, -0.2) is 0 Å². The normalized spacial score (nSPS) is 12.3. The summed E-state index contributed by atoms with van der Waals surface area (Å²) in [5.74, 6) is 1.18. The molecule has 20 heavy (non-hydrogen) atoms. The summed E-state index contributed by atoms with van der Waals surface area (Å²) in [6, 6.07) is 5.88. The molecule has 0 bridgehead atoms.